The standard InChI is InChI=1S/C32H30N2O4/c1-4-33(5-2)23-15-13-22(14-16-23)29-28(30(35)27-12-8-10-21-9-6-7-11-26(21)27)31(36)32(37)34(29)24-17-19-25(38-3)20-18-24/h6-20,29,35H,4-5H2,1-3H3/b30-28-. The number of methoxy groups -OCH3 is 1. The van der Waals surface area contributed by atoms with Crippen molar-refractivity contribution < 1.29 is 19.4 Å². The number of hydrogen-bond acceptors (Lipinski definition) is 5. The van der Waals surface area contributed by atoms with Gasteiger partial charge in [-0.15, -0.1) is 0 Å². The van der Waals surface area contributed by atoms with Gasteiger partial charge in [-0.05, 0) is 66.6 Å². The molecule has 0 radical (unpaired) electrons. The molecule has 0 spiro atoms. The maximum Gasteiger partial charge on any atom is 0.300 e. The molecule has 4 aromatic rings. The van der Waals surface area contributed by atoms with Crippen molar-refractivity contribution in [2.75, 3.05) is 30.0 Å². The van der Waals surface area contributed by atoms with Gasteiger partial charge in [-0.3, -0.25) is 14.5 Å². The van der Waals surface area contributed by atoms with Crippen LogP contribution in [0, 0.1) is 0 Å². The lowest BCUT2D eigenvalue weighted by molar-refractivity contribution is -0.132. The second-order valence-corrected chi connectivity index (χ2v) is 9.16. The number of hydrogen-bond donors (Lipinski definition) is 1. The maximum absolute atomic E-state index is 13.6. The normalized spacial score (nSPS) is 16.7. The lowest BCUT2D eigenvalue weighted by Crippen LogP contribution is -2.29. The van der Waals surface area contributed by atoms with Crippen LogP contribution >= 0.6 is 0 Å². The molecule has 1 N–H and O–H groups in total. The van der Waals surface area contributed by atoms with Crippen molar-refractivity contribution in [2.45, 2.75) is 19.9 Å². The van der Waals surface area contributed by atoms with Crippen LogP contribution in [-0.2, 0) is 9.59 Å². The lowest BCUT2D eigenvalue weighted by Gasteiger charge is -2.27. The summed E-state index contributed by atoms with van der Waals surface area (Å²) in [4.78, 5) is 30.8. The number of amides is 1. The van der Waals surface area contributed by atoms with E-state index in [9.17, 15) is 14.7 Å². The van der Waals surface area contributed by atoms with Crippen LogP contribution in [0.3, 0.4) is 0 Å². The Bertz CT molecular complexity index is 1510. The third kappa shape index (κ3) is 4.28. The molecule has 1 saturated heterocycles. The molecule has 192 valence electrons. The highest BCUT2D eigenvalue weighted by Gasteiger charge is 2.47. The Kier molecular flexibility index (Phi) is 6.88. The SMILES string of the molecule is CCN(CC)c1ccc(C2/C(=C(/O)c3cccc4ccccc34)C(=O)C(=O)N2c2ccc(OC)cc2)cc1. The molecule has 1 atom stereocenters. The molecule has 1 unspecified atom stereocenters. The van der Waals surface area contributed by atoms with Gasteiger partial charge in [0, 0.05) is 30.0 Å². The van der Waals surface area contributed by atoms with Gasteiger partial charge in [-0.2, -0.15) is 0 Å². The second kappa shape index (κ2) is 10.4. The van der Waals surface area contributed by atoms with Gasteiger partial charge < -0.3 is 14.7 Å². The van der Waals surface area contributed by atoms with Crippen molar-refractivity contribution in [1.82, 2.24) is 0 Å². The summed E-state index contributed by atoms with van der Waals surface area (Å²) in [7, 11) is 1.57. The predicted molar refractivity (Wildman–Crippen MR) is 152 cm³/mol. The summed E-state index contributed by atoms with van der Waals surface area (Å²) in [6.45, 7) is 5.92. The molecular formula is C32H30N2O4. The van der Waals surface area contributed by atoms with E-state index < -0.39 is 17.7 Å². The number of anilines is 2. The number of ether oxygens (including phenoxy) is 1. The van der Waals surface area contributed by atoms with Crippen molar-refractivity contribution in [2.24, 2.45) is 0 Å². The third-order valence-electron chi connectivity index (χ3n) is 7.18. The molecule has 1 heterocycles. The first-order valence-corrected chi connectivity index (χ1v) is 12.8. The molecule has 6 heteroatoms. The minimum atomic E-state index is -0.798. The van der Waals surface area contributed by atoms with Crippen LogP contribution in [0.1, 0.15) is 31.0 Å². The molecule has 1 aliphatic rings. The summed E-state index contributed by atoms with van der Waals surface area (Å²) in [6.07, 6.45) is 0. The van der Waals surface area contributed by atoms with Gasteiger partial charge >= 0.3 is 0 Å². The van der Waals surface area contributed by atoms with Gasteiger partial charge in [-0.1, -0.05) is 54.6 Å². The number of benzene rings is 4. The van der Waals surface area contributed by atoms with Crippen LogP contribution in [0.15, 0.2) is 96.6 Å². The highest BCUT2D eigenvalue weighted by atomic mass is 16.5. The summed E-state index contributed by atoms with van der Waals surface area (Å²) in [6, 6.07) is 27.3. The predicted octanol–water partition coefficient (Wildman–Crippen LogP) is 6.32. The Hall–Kier alpha value is -4.58. The summed E-state index contributed by atoms with van der Waals surface area (Å²) >= 11 is 0. The molecule has 0 bridgehead atoms. The number of rotatable bonds is 7. The zero-order valence-electron chi connectivity index (χ0n) is 21.7. The molecule has 5 rings (SSSR count). The van der Waals surface area contributed by atoms with E-state index in [1.807, 2.05) is 60.7 Å². The molecule has 0 saturated carbocycles. The van der Waals surface area contributed by atoms with Crippen LogP contribution in [-0.4, -0.2) is 37.0 Å². The van der Waals surface area contributed by atoms with E-state index in [-0.39, 0.29) is 11.3 Å². The first-order chi connectivity index (χ1) is 18.5. The smallest absolute Gasteiger partial charge is 0.300 e. The highest BCUT2D eigenvalue weighted by Crippen LogP contribution is 2.43. The van der Waals surface area contributed by atoms with E-state index in [1.165, 1.54) is 4.90 Å². The van der Waals surface area contributed by atoms with Crippen LogP contribution in [0.2, 0.25) is 0 Å². The Balaban J connectivity index is 1.71. The van der Waals surface area contributed by atoms with Gasteiger partial charge in [-0.25, -0.2) is 0 Å². The van der Waals surface area contributed by atoms with E-state index in [4.69, 9.17) is 4.74 Å². The summed E-state index contributed by atoms with van der Waals surface area (Å²) < 4.78 is 5.28. The fraction of sp³-hybridized carbons (Fsp3) is 0.188. The summed E-state index contributed by atoms with van der Waals surface area (Å²) in [5, 5.41) is 13.4. The second-order valence-electron chi connectivity index (χ2n) is 9.16. The fourth-order valence-electron chi connectivity index (χ4n) is 5.19. The largest absolute Gasteiger partial charge is 0.507 e. The topological polar surface area (TPSA) is 70.1 Å². The molecule has 6 nitrogen and oxygen atoms in total. The van der Waals surface area contributed by atoms with Crippen LogP contribution in [0.25, 0.3) is 16.5 Å². The number of ketones is 1. The Labute approximate surface area is 222 Å². The quantitative estimate of drug-likeness (QED) is 0.180. The zero-order chi connectivity index (χ0) is 26.8. The van der Waals surface area contributed by atoms with E-state index in [0.29, 0.717) is 17.0 Å². The monoisotopic (exact) mass is 506 g/mol. The highest BCUT2D eigenvalue weighted by molar-refractivity contribution is 6.51. The van der Waals surface area contributed by atoms with Gasteiger partial charge in [0.25, 0.3) is 11.7 Å². The Morgan fingerprint density at radius 1 is 0.868 bits per heavy atom. The van der Waals surface area contributed by atoms with Crippen molar-refractivity contribution >= 4 is 39.6 Å². The number of nitrogens with zero attached hydrogens (tertiary/aromatic N) is 2. The van der Waals surface area contributed by atoms with E-state index in [0.717, 1.165) is 35.1 Å². The molecule has 0 aromatic heterocycles. The molecule has 1 aliphatic heterocycles. The van der Waals surface area contributed by atoms with E-state index in [2.05, 4.69) is 18.7 Å². The van der Waals surface area contributed by atoms with Crippen molar-refractivity contribution in [3.05, 3.63) is 108 Å². The molecule has 1 fully saturated rings. The lowest BCUT2D eigenvalue weighted by atomic mass is 9.93. The van der Waals surface area contributed by atoms with Gasteiger partial charge in [0.05, 0.1) is 18.7 Å². The Morgan fingerprint density at radius 3 is 2.18 bits per heavy atom. The molecule has 1 amide bonds. The average Bonchev–Trinajstić information content (AvgIpc) is 3.23. The van der Waals surface area contributed by atoms with Crippen molar-refractivity contribution in [3.8, 4) is 5.75 Å². The average molecular weight is 507 g/mol. The molecular weight excluding hydrogens is 476 g/mol. The van der Waals surface area contributed by atoms with Crippen molar-refractivity contribution in [3.63, 3.8) is 0 Å². The number of carbonyl (C=O) groups excluding carboxylic acids is 2. The van der Waals surface area contributed by atoms with Crippen molar-refractivity contribution in [1.29, 1.82) is 0 Å². The third-order valence-corrected chi connectivity index (χ3v) is 7.18. The fourth-order valence-corrected chi connectivity index (χ4v) is 5.19. The molecule has 0 aliphatic carbocycles. The summed E-state index contributed by atoms with van der Waals surface area (Å²) in [5.41, 5.74) is 2.91. The molecule has 4 aromatic carbocycles. The van der Waals surface area contributed by atoms with Crippen LogP contribution < -0.4 is 14.5 Å². The minimum absolute atomic E-state index is 0.0674. The number of Topliss-reactive ketones (excluding diaryl/α,β-unsaturated/α-hetero) is 1. The zero-order valence-corrected chi connectivity index (χ0v) is 21.7. The number of fused-ring (bicyclic) bond motifs is 1. The summed E-state index contributed by atoms with van der Waals surface area (Å²) in [5.74, 6) is -0.950. The molecule has 38 heavy (non-hydrogen) atoms. The minimum Gasteiger partial charge on any atom is -0.507 e. The van der Waals surface area contributed by atoms with E-state index in [1.54, 1.807) is 37.4 Å². The number of aliphatic hydroxyl groups is 1. The van der Waals surface area contributed by atoms with Gasteiger partial charge in [0.15, 0.2) is 0 Å². The first kappa shape index (κ1) is 25.1. The number of aliphatic hydroxyl groups excluding tert-OH is 1. The maximum atomic E-state index is 13.6. The van der Waals surface area contributed by atoms with Gasteiger partial charge in [0.1, 0.15) is 11.5 Å². The van der Waals surface area contributed by atoms with Crippen LogP contribution in [0.5, 0.6) is 5.75 Å². The van der Waals surface area contributed by atoms with E-state index >= 15 is 0 Å². The number of carbonyl (C=O) groups is 2. The first-order valence-electron chi connectivity index (χ1n) is 12.8. The van der Waals surface area contributed by atoms with Gasteiger partial charge in [0.2, 0.25) is 0 Å². The Morgan fingerprint density at radius 2 is 1.53 bits per heavy atom. The van der Waals surface area contributed by atoms with Crippen LogP contribution in [0.4, 0.5) is 11.4 Å².